The van der Waals surface area contributed by atoms with Crippen molar-refractivity contribution in [2.75, 3.05) is 18.8 Å². The van der Waals surface area contributed by atoms with E-state index in [4.69, 9.17) is 0 Å². The molecule has 7 heteroatoms. The van der Waals surface area contributed by atoms with E-state index < -0.39 is 0 Å². The number of aromatic nitrogens is 3. The molecule has 0 N–H and O–H groups in total. The number of hydrogen-bond acceptors (Lipinski definition) is 5. The van der Waals surface area contributed by atoms with E-state index in [1.807, 2.05) is 21.4 Å². The van der Waals surface area contributed by atoms with E-state index in [9.17, 15) is 4.79 Å². The van der Waals surface area contributed by atoms with Crippen molar-refractivity contribution in [2.24, 2.45) is 11.8 Å². The maximum Gasteiger partial charge on any atom is 0.233 e. The van der Waals surface area contributed by atoms with E-state index in [1.54, 1.807) is 11.3 Å². The largest absolute Gasteiger partial charge is 0.341 e. The average molecular weight is 377 g/mol. The van der Waals surface area contributed by atoms with Gasteiger partial charge in [0.25, 0.3) is 0 Å². The Hall–Kier alpha value is -1.60. The maximum absolute atomic E-state index is 12.7. The highest BCUT2D eigenvalue weighted by Gasteiger charge is 2.19. The number of thioether (sulfide) groups is 1. The number of fused-ring (bicyclic) bond motifs is 3. The summed E-state index contributed by atoms with van der Waals surface area (Å²) in [5.41, 5.74) is 1.10. The zero-order chi connectivity index (χ0) is 18.0. The summed E-state index contributed by atoms with van der Waals surface area (Å²) in [6, 6.07) is 8.19. The monoisotopic (exact) mass is 376 g/mol. The van der Waals surface area contributed by atoms with E-state index in [0.29, 0.717) is 17.6 Å². The lowest BCUT2D eigenvalue weighted by Crippen LogP contribution is -2.38. The van der Waals surface area contributed by atoms with Crippen LogP contribution in [0.4, 0.5) is 0 Å². The summed E-state index contributed by atoms with van der Waals surface area (Å²) >= 11 is 3.09. The van der Waals surface area contributed by atoms with Crippen molar-refractivity contribution in [1.29, 1.82) is 0 Å². The summed E-state index contributed by atoms with van der Waals surface area (Å²) in [6.45, 7) is 10.2. The van der Waals surface area contributed by atoms with Crippen LogP contribution < -0.4 is 0 Å². The van der Waals surface area contributed by atoms with Crippen molar-refractivity contribution in [3.8, 4) is 0 Å². The van der Waals surface area contributed by atoms with Gasteiger partial charge in [-0.2, -0.15) is 0 Å². The molecule has 134 valence electrons. The fraction of sp³-hybridized carbons (Fsp3) is 0.500. The first kappa shape index (κ1) is 18.2. The summed E-state index contributed by atoms with van der Waals surface area (Å²) in [5.74, 6) is 1.50. The molecular weight excluding hydrogens is 352 g/mol. The van der Waals surface area contributed by atoms with Gasteiger partial charge in [0, 0.05) is 13.1 Å². The highest BCUT2D eigenvalue weighted by molar-refractivity contribution is 7.99. The van der Waals surface area contributed by atoms with Gasteiger partial charge in [-0.25, -0.2) is 0 Å². The second-order valence-electron chi connectivity index (χ2n) is 7.05. The number of carbonyl (C=O) groups is 1. The van der Waals surface area contributed by atoms with Crippen LogP contribution in [0, 0.1) is 11.8 Å². The quantitative estimate of drug-likeness (QED) is 0.581. The van der Waals surface area contributed by atoms with Crippen molar-refractivity contribution in [3.05, 3.63) is 24.3 Å². The van der Waals surface area contributed by atoms with Crippen LogP contribution in [0.5, 0.6) is 0 Å². The topological polar surface area (TPSA) is 50.5 Å². The van der Waals surface area contributed by atoms with E-state index >= 15 is 0 Å². The van der Waals surface area contributed by atoms with Crippen LogP contribution in [0.3, 0.4) is 0 Å². The molecule has 0 radical (unpaired) electrons. The Kier molecular flexibility index (Phi) is 5.64. The molecule has 3 rings (SSSR count). The van der Waals surface area contributed by atoms with Gasteiger partial charge in [0.15, 0.2) is 5.16 Å². The molecule has 1 aromatic carbocycles. The molecule has 25 heavy (non-hydrogen) atoms. The highest BCUT2D eigenvalue weighted by Crippen LogP contribution is 2.29. The second kappa shape index (κ2) is 7.74. The minimum atomic E-state index is 0.170. The zero-order valence-electron chi connectivity index (χ0n) is 15.1. The van der Waals surface area contributed by atoms with E-state index in [2.05, 4.69) is 50.0 Å². The van der Waals surface area contributed by atoms with Gasteiger partial charge in [-0.1, -0.05) is 62.9 Å². The van der Waals surface area contributed by atoms with Gasteiger partial charge in [0.2, 0.25) is 10.9 Å². The predicted octanol–water partition coefficient (Wildman–Crippen LogP) is 4.18. The third-order valence-corrected chi connectivity index (χ3v) is 5.69. The van der Waals surface area contributed by atoms with Gasteiger partial charge in [0.05, 0.1) is 16.0 Å². The van der Waals surface area contributed by atoms with Crippen LogP contribution in [0.1, 0.15) is 27.7 Å². The van der Waals surface area contributed by atoms with Gasteiger partial charge in [0.1, 0.15) is 0 Å². The third kappa shape index (κ3) is 4.15. The first-order valence-corrected chi connectivity index (χ1v) is 10.4. The van der Waals surface area contributed by atoms with Crippen LogP contribution in [-0.2, 0) is 4.79 Å². The SMILES string of the molecule is CC(C)CN(CC(C)C)C(=O)CSc1nnc2sc3ccccc3n12. The molecular formula is C18H24N4OS2. The average Bonchev–Trinajstić information content (AvgIpc) is 3.10. The van der Waals surface area contributed by atoms with Crippen molar-refractivity contribution < 1.29 is 4.79 Å². The Morgan fingerprint density at radius 2 is 1.84 bits per heavy atom. The fourth-order valence-electron chi connectivity index (χ4n) is 2.83. The second-order valence-corrected chi connectivity index (χ2v) is 9.00. The van der Waals surface area contributed by atoms with Crippen LogP contribution in [0.25, 0.3) is 15.2 Å². The number of para-hydroxylation sites is 1. The van der Waals surface area contributed by atoms with Crippen molar-refractivity contribution >= 4 is 44.2 Å². The Bertz CT molecular complexity index is 858. The molecule has 2 heterocycles. The Labute approximate surface area is 156 Å². The fourth-order valence-corrected chi connectivity index (χ4v) is 4.70. The third-order valence-electron chi connectivity index (χ3n) is 3.76. The number of thiazole rings is 1. The number of hydrogen-bond donors (Lipinski definition) is 0. The van der Waals surface area contributed by atoms with E-state index in [0.717, 1.165) is 28.7 Å². The molecule has 0 saturated carbocycles. The van der Waals surface area contributed by atoms with Crippen molar-refractivity contribution in [1.82, 2.24) is 19.5 Å². The Morgan fingerprint density at radius 3 is 2.52 bits per heavy atom. The molecule has 0 bridgehead atoms. The van der Waals surface area contributed by atoms with Crippen LogP contribution in [0.2, 0.25) is 0 Å². The first-order valence-electron chi connectivity index (χ1n) is 8.59. The maximum atomic E-state index is 12.7. The van der Waals surface area contributed by atoms with Gasteiger partial charge in [-0.15, -0.1) is 10.2 Å². The van der Waals surface area contributed by atoms with Crippen molar-refractivity contribution in [3.63, 3.8) is 0 Å². The molecule has 2 aromatic heterocycles. The number of amides is 1. The molecule has 5 nitrogen and oxygen atoms in total. The normalized spacial score (nSPS) is 11.9. The van der Waals surface area contributed by atoms with Gasteiger partial charge < -0.3 is 4.90 Å². The van der Waals surface area contributed by atoms with Gasteiger partial charge >= 0.3 is 0 Å². The summed E-state index contributed by atoms with van der Waals surface area (Å²) < 4.78 is 3.23. The predicted molar refractivity (Wildman–Crippen MR) is 105 cm³/mol. The molecule has 0 saturated heterocycles. The zero-order valence-corrected chi connectivity index (χ0v) is 16.7. The number of carbonyl (C=O) groups excluding carboxylic acids is 1. The van der Waals surface area contributed by atoms with E-state index in [1.165, 1.54) is 16.5 Å². The molecule has 0 aliphatic carbocycles. The van der Waals surface area contributed by atoms with Crippen LogP contribution in [-0.4, -0.2) is 44.2 Å². The Morgan fingerprint density at radius 1 is 1.16 bits per heavy atom. The lowest BCUT2D eigenvalue weighted by Gasteiger charge is -2.26. The van der Waals surface area contributed by atoms with Gasteiger partial charge in [-0.05, 0) is 24.0 Å². The number of benzene rings is 1. The standard InChI is InChI=1S/C18H24N4OS2/c1-12(2)9-21(10-13(3)4)16(23)11-24-17-19-20-18-22(17)14-7-5-6-8-15(14)25-18/h5-8,12-13H,9-11H2,1-4H3. The first-order chi connectivity index (χ1) is 12.0. The molecule has 0 aliphatic heterocycles. The molecule has 3 aromatic rings. The summed E-state index contributed by atoms with van der Waals surface area (Å²) in [7, 11) is 0. The molecule has 0 spiro atoms. The summed E-state index contributed by atoms with van der Waals surface area (Å²) in [6.07, 6.45) is 0. The molecule has 0 fully saturated rings. The summed E-state index contributed by atoms with van der Waals surface area (Å²) in [5, 5.41) is 9.32. The molecule has 0 aliphatic rings. The highest BCUT2D eigenvalue weighted by atomic mass is 32.2. The lowest BCUT2D eigenvalue weighted by atomic mass is 10.1. The molecule has 0 unspecified atom stereocenters. The van der Waals surface area contributed by atoms with E-state index in [-0.39, 0.29) is 5.91 Å². The smallest absolute Gasteiger partial charge is 0.233 e. The van der Waals surface area contributed by atoms with Crippen LogP contribution in [0.15, 0.2) is 29.4 Å². The van der Waals surface area contributed by atoms with Crippen molar-refractivity contribution in [2.45, 2.75) is 32.9 Å². The van der Waals surface area contributed by atoms with Gasteiger partial charge in [-0.3, -0.25) is 9.20 Å². The molecule has 1 amide bonds. The molecule has 0 atom stereocenters. The summed E-state index contributed by atoms with van der Waals surface area (Å²) in [4.78, 5) is 15.5. The number of rotatable bonds is 7. The minimum Gasteiger partial charge on any atom is -0.341 e. The Balaban J connectivity index is 1.76. The number of nitrogens with zero attached hydrogens (tertiary/aromatic N) is 4. The lowest BCUT2D eigenvalue weighted by molar-refractivity contribution is -0.129. The van der Waals surface area contributed by atoms with Crippen LogP contribution >= 0.6 is 23.1 Å². The minimum absolute atomic E-state index is 0.170.